The van der Waals surface area contributed by atoms with Gasteiger partial charge in [-0.1, -0.05) is 0 Å². The first-order chi connectivity index (χ1) is 7.93. The summed E-state index contributed by atoms with van der Waals surface area (Å²) in [5.41, 5.74) is 4.48. The van der Waals surface area contributed by atoms with Gasteiger partial charge in [0.25, 0.3) is 0 Å². The number of primary amides is 1. The molecule has 1 aliphatic heterocycles. The summed E-state index contributed by atoms with van der Waals surface area (Å²) in [5, 5.41) is 3.34. The zero-order valence-electron chi connectivity index (χ0n) is 10.5. The van der Waals surface area contributed by atoms with E-state index in [0.717, 1.165) is 25.7 Å². The smallest absolute Gasteiger partial charge is 0.242 e. The molecular weight excluding hydrogens is 218 g/mol. The van der Waals surface area contributed by atoms with Crippen LogP contribution in [0.3, 0.4) is 0 Å². The summed E-state index contributed by atoms with van der Waals surface area (Å²) in [5.74, 6) is -0.426. The molecule has 5 nitrogen and oxygen atoms in total. The summed E-state index contributed by atoms with van der Waals surface area (Å²) in [6.45, 7) is 4.05. The van der Waals surface area contributed by atoms with Gasteiger partial charge in [0.1, 0.15) is 5.54 Å². The fourth-order valence-corrected chi connectivity index (χ4v) is 2.25. The van der Waals surface area contributed by atoms with E-state index in [1.54, 1.807) is 18.7 Å². The van der Waals surface area contributed by atoms with Crippen LogP contribution in [0.5, 0.6) is 0 Å². The van der Waals surface area contributed by atoms with E-state index in [1.807, 2.05) is 0 Å². The topological polar surface area (TPSA) is 75.4 Å². The van der Waals surface area contributed by atoms with E-state index >= 15 is 0 Å². The number of likely N-dealkylation sites (tertiary alicyclic amines) is 1. The Hall–Kier alpha value is -1.10. The second kappa shape index (κ2) is 4.29. The van der Waals surface area contributed by atoms with Crippen LogP contribution in [0.4, 0.5) is 0 Å². The number of rotatable bonds is 4. The highest BCUT2D eigenvalue weighted by Crippen LogP contribution is 2.25. The number of carbonyl (C=O) groups excluding carboxylic acids is 2. The molecule has 0 aromatic carbocycles. The summed E-state index contributed by atoms with van der Waals surface area (Å²) in [7, 11) is 0. The lowest BCUT2D eigenvalue weighted by Crippen LogP contribution is -2.62. The number of hydrogen-bond acceptors (Lipinski definition) is 3. The Bertz CT molecular complexity index is 337. The fourth-order valence-electron chi connectivity index (χ4n) is 2.25. The molecule has 0 radical (unpaired) electrons. The van der Waals surface area contributed by atoms with Gasteiger partial charge in [0.05, 0.1) is 6.04 Å². The van der Waals surface area contributed by atoms with Crippen molar-refractivity contribution in [2.24, 2.45) is 5.73 Å². The monoisotopic (exact) mass is 239 g/mol. The molecular formula is C12H21N3O2. The van der Waals surface area contributed by atoms with Crippen LogP contribution >= 0.6 is 0 Å². The third-order valence-corrected chi connectivity index (χ3v) is 3.73. The van der Waals surface area contributed by atoms with Crippen LogP contribution in [0, 0.1) is 0 Å². The first-order valence-corrected chi connectivity index (χ1v) is 6.30. The molecule has 0 bridgehead atoms. The molecule has 2 aliphatic rings. The van der Waals surface area contributed by atoms with Crippen LogP contribution < -0.4 is 11.1 Å². The van der Waals surface area contributed by atoms with E-state index in [4.69, 9.17) is 5.73 Å². The molecule has 2 amide bonds. The van der Waals surface area contributed by atoms with Crippen molar-refractivity contribution in [3.63, 3.8) is 0 Å². The number of nitrogens with two attached hydrogens (primary N) is 1. The van der Waals surface area contributed by atoms with Gasteiger partial charge in [0.15, 0.2) is 0 Å². The fraction of sp³-hybridized carbons (Fsp3) is 0.833. The van der Waals surface area contributed by atoms with E-state index in [1.165, 1.54) is 0 Å². The first-order valence-electron chi connectivity index (χ1n) is 6.30. The number of nitrogens with zero attached hydrogens (tertiary/aromatic N) is 1. The van der Waals surface area contributed by atoms with Crippen molar-refractivity contribution in [2.75, 3.05) is 6.54 Å². The van der Waals surface area contributed by atoms with Crippen LogP contribution in [0.1, 0.15) is 39.5 Å². The van der Waals surface area contributed by atoms with Gasteiger partial charge in [0, 0.05) is 12.6 Å². The lowest BCUT2D eigenvalue weighted by Gasteiger charge is -2.41. The zero-order valence-corrected chi connectivity index (χ0v) is 10.5. The lowest BCUT2D eigenvalue weighted by molar-refractivity contribution is -0.148. The van der Waals surface area contributed by atoms with E-state index in [-0.39, 0.29) is 11.9 Å². The van der Waals surface area contributed by atoms with Crippen molar-refractivity contribution in [2.45, 2.75) is 57.2 Å². The van der Waals surface area contributed by atoms with E-state index in [9.17, 15) is 9.59 Å². The summed E-state index contributed by atoms with van der Waals surface area (Å²) >= 11 is 0. The Morgan fingerprint density at radius 1 is 1.41 bits per heavy atom. The molecule has 96 valence electrons. The summed E-state index contributed by atoms with van der Waals surface area (Å²) in [6.07, 6.45) is 4.10. The van der Waals surface area contributed by atoms with Crippen molar-refractivity contribution in [3.05, 3.63) is 0 Å². The van der Waals surface area contributed by atoms with Gasteiger partial charge >= 0.3 is 0 Å². The van der Waals surface area contributed by atoms with Gasteiger partial charge in [-0.15, -0.1) is 0 Å². The quantitative estimate of drug-likeness (QED) is 0.724. The predicted octanol–water partition coefficient (Wildman–Crippen LogP) is -0.00670. The summed E-state index contributed by atoms with van der Waals surface area (Å²) in [4.78, 5) is 25.3. The molecule has 1 saturated heterocycles. The van der Waals surface area contributed by atoms with Crippen molar-refractivity contribution in [1.82, 2.24) is 10.2 Å². The predicted molar refractivity (Wildman–Crippen MR) is 64.2 cm³/mol. The van der Waals surface area contributed by atoms with Gasteiger partial charge in [-0.3, -0.25) is 9.59 Å². The molecule has 5 heteroatoms. The van der Waals surface area contributed by atoms with Gasteiger partial charge < -0.3 is 16.0 Å². The minimum Gasteiger partial charge on any atom is -0.368 e. The maximum Gasteiger partial charge on any atom is 0.242 e. The molecule has 1 unspecified atom stereocenters. The molecule has 0 spiro atoms. The minimum absolute atomic E-state index is 0.0203. The van der Waals surface area contributed by atoms with E-state index in [2.05, 4.69) is 5.32 Å². The third-order valence-electron chi connectivity index (χ3n) is 3.73. The van der Waals surface area contributed by atoms with Crippen LogP contribution in [-0.2, 0) is 9.59 Å². The van der Waals surface area contributed by atoms with Crippen molar-refractivity contribution >= 4 is 11.8 Å². The molecule has 1 saturated carbocycles. The Labute approximate surface area is 102 Å². The average molecular weight is 239 g/mol. The van der Waals surface area contributed by atoms with Gasteiger partial charge in [-0.25, -0.2) is 0 Å². The number of piperidine rings is 1. The molecule has 17 heavy (non-hydrogen) atoms. The van der Waals surface area contributed by atoms with Crippen molar-refractivity contribution in [1.29, 1.82) is 0 Å². The number of nitrogens with one attached hydrogen (secondary N) is 1. The molecule has 0 aromatic rings. The van der Waals surface area contributed by atoms with E-state index < -0.39 is 11.4 Å². The Morgan fingerprint density at radius 2 is 2.06 bits per heavy atom. The highest BCUT2D eigenvalue weighted by molar-refractivity contribution is 5.92. The van der Waals surface area contributed by atoms with Gasteiger partial charge in [0.2, 0.25) is 11.8 Å². The number of amides is 2. The second-order valence-electron chi connectivity index (χ2n) is 5.55. The highest BCUT2D eigenvalue weighted by atomic mass is 16.2. The molecule has 1 heterocycles. The first kappa shape index (κ1) is 12.4. The standard InChI is InChI=1S/C12H21N3O2/c1-12(2,11(13)17)15-7-3-4-9(10(15)16)14-8-5-6-8/h8-9,14H,3-7H2,1-2H3,(H2,13,17). The van der Waals surface area contributed by atoms with Crippen LogP contribution in [0.15, 0.2) is 0 Å². The minimum atomic E-state index is -0.888. The maximum absolute atomic E-state index is 12.3. The second-order valence-corrected chi connectivity index (χ2v) is 5.55. The van der Waals surface area contributed by atoms with E-state index in [0.29, 0.717) is 12.6 Å². The van der Waals surface area contributed by atoms with Crippen LogP contribution in [0.2, 0.25) is 0 Å². The molecule has 1 atom stereocenters. The maximum atomic E-state index is 12.3. The highest BCUT2D eigenvalue weighted by Gasteiger charge is 2.42. The Balaban J connectivity index is 2.06. The number of hydrogen-bond donors (Lipinski definition) is 2. The zero-order chi connectivity index (χ0) is 12.6. The van der Waals surface area contributed by atoms with Crippen molar-refractivity contribution in [3.8, 4) is 0 Å². The molecule has 0 aromatic heterocycles. The molecule has 2 rings (SSSR count). The van der Waals surface area contributed by atoms with Crippen LogP contribution in [0.25, 0.3) is 0 Å². The summed E-state index contributed by atoms with van der Waals surface area (Å²) in [6, 6.07) is 0.371. The molecule has 1 aliphatic carbocycles. The molecule has 3 N–H and O–H groups in total. The lowest BCUT2D eigenvalue weighted by atomic mass is 9.95. The van der Waals surface area contributed by atoms with Gasteiger partial charge in [-0.2, -0.15) is 0 Å². The number of carbonyl (C=O) groups is 2. The summed E-state index contributed by atoms with van der Waals surface area (Å²) < 4.78 is 0. The van der Waals surface area contributed by atoms with Gasteiger partial charge in [-0.05, 0) is 39.5 Å². The average Bonchev–Trinajstić information content (AvgIpc) is 3.04. The van der Waals surface area contributed by atoms with Crippen LogP contribution in [-0.4, -0.2) is 40.9 Å². The SMILES string of the molecule is CC(C)(C(N)=O)N1CCCC(NC2CC2)C1=O. The Kier molecular flexibility index (Phi) is 3.12. The molecule has 2 fully saturated rings. The third kappa shape index (κ3) is 2.44. The normalized spacial score (nSPS) is 26.1. The largest absolute Gasteiger partial charge is 0.368 e. The van der Waals surface area contributed by atoms with Crippen molar-refractivity contribution < 1.29 is 9.59 Å². The Morgan fingerprint density at radius 3 is 2.59 bits per heavy atom.